The van der Waals surface area contributed by atoms with E-state index in [1.165, 1.54) is 12.1 Å². The summed E-state index contributed by atoms with van der Waals surface area (Å²) in [5.74, 6) is -0.403. The van der Waals surface area contributed by atoms with Gasteiger partial charge in [-0.15, -0.1) is 0 Å². The maximum atomic E-state index is 13.1. The van der Waals surface area contributed by atoms with Crippen molar-refractivity contribution >= 4 is 0 Å². The fourth-order valence-electron chi connectivity index (χ4n) is 1.88. The predicted octanol–water partition coefficient (Wildman–Crippen LogP) is 2.39. The number of nitriles is 1. The molecule has 0 amide bonds. The minimum atomic E-state index is -0.403. The molecule has 1 unspecified atom stereocenters. The number of halogens is 1. The summed E-state index contributed by atoms with van der Waals surface area (Å²) in [6, 6.07) is 6.15. The molecule has 0 aromatic heterocycles. The second-order valence-corrected chi connectivity index (χ2v) is 4.11. The standard InChI is InChI=1S/C13H14FNO2/c14-12-5-10(7-15)4-11(6-12)8-16-9-13-2-1-3-17-13/h4-6,13H,1-3,8-9H2. The van der Waals surface area contributed by atoms with Crippen LogP contribution in [0.15, 0.2) is 18.2 Å². The first kappa shape index (κ1) is 12.0. The van der Waals surface area contributed by atoms with Crippen LogP contribution < -0.4 is 0 Å². The van der Waals surface area contributed by atoms with Crippen molar-refractivity contribution in [1.29, 1.82) is 5.26 Å². The Morgan fingerprint density at radius 2 is 2.35 bits per heavy atom. The van der Waals surface area contributed by atoms with Crippen LogP contribution in [0.1, 0.15) is 24.0 Å². The van der Waals surface area contributed by atoms with Crippen molar-refractivity contribution in [2.24, 2.45) is 0 Å². The van der Waals surface area contributed by atoms with Gasteiger partial charge in [0.05, 0.1) is 31.0 Å². The molecule has 3 nitrogen and oxygen atoms in total. The first-order valence-corrected chi connectivity index (χ1v) is 5.67. The zero-order chi connectivity index (χ0) is 12.1. The number of hydrogen-bond donors (Lipinski definition) is 0. The van der Waals surface area contributed by atoms with Crippen molar-refractivity contribution in [3.8, 4) is 6.07 Å². The second-order valence-electron chi connectivity index (χ2n) is 4.11. The molecule has 2 rings (SSSR count). The van der Waals surface area contributed by atoms with Crippen LogP contribution in [0.2, 0.25) is 0 Å². The van der Waals surface area contributed by atoms with Crippen molar-refractivity contribution < 1.29 is 13.9 Å². The summed E-state index contributed by atoms with van der Waals surface area (Å²) in [5.41, 5.74) is 1.00. The monoisotopic (exact) mass is 235 g/mol. The fourth-order valence-corrected chi connectivity index (χ4v) is 1.88. The molecule has 0 bridgehead atoms. The van der Waals surface area contributed by atoms with Gasteiger partial charge in [0.25, 0.3) is 0 Å². The minimum absolute atomic E-state index is 0.166. The Bertz CT molecular complexity index is 422. The molecule has 1 aliphatic rings. The lowest BCUT2D eigenvalue weighted by atomic mass is 10.1. The molecule has 0 spiro atoms. The van der Waals surface area contributed by atoms with Crippen LogP contribution in [0.3, 0.4) is 0 Å². The number of hydrogen-bond acceptors (Lipinski definition) is 3. The third kappa shape index (κ3) is 3.52. The SMILES string of the molecule is N#Cc1cc(F)cc(COCC2CCCO2)c1. The Balaban J connectivity index is 1.85. The van der Waals surface area contributed by atoms with Gasteiger partial charge in [-0.05, 0) is 36.6 Å². The summed E-state index contributed by atoms with van der Waals surface area (Å²) in [6.07, 6.45) is 2.26. The summed E-state index contributed by atoms with van der Waals surface area (Å²) in [4.78, 5) is 0. The van der Waals surface area contributed by atoms with E-state index in [0.29, 0.717) is 24.3 Å². The fraction of sp³-hybridized carbons (Fsp3) is 0.462. The van der Waals surface area contributed by atoms with Gasteiger partial charge in [-0.2, -0.15) is 5.26 Å². The smallest absolute Gasteiger partial charge is 0.124 e. The van der Waals surface area contributed by atoms with Crippen LogP contribution in [0.4, 0.5) is 4.39 Å². The zero-order valence-corrected chi connectivity index (χ0v) is 9.49. The minimum Gasteiger partial charge on any atom is -0.376 e. The van der Waals surface area contributed by atoms with Crippen molar-refractivity contribution in [3.05, 3.63) is 35.1 Å². The van der Waals surface area contributed by atoms with Crippen LogP contribution in [0.25, 0.3) is 0 Å². The number of ether oxygens (including phenoxy) is 2. The molecule has 0 saturated carbocycles. The molecular weight excluding hydrogens is 221 g/mol. The van der Waals surface area contributed by atoms with E-state index in [4.69, 9.17) is 14.7 Å². The summed E-state index contributed by atoms with van der Waals surface area (Å²) in [6.45, 7) is 1.64. The molecule has 1 heterocycles. The molecule has 0 radical (unpaired) electrons. The Labute approximate surface area is 99.8 Å². The molecule has 17 heavy (non-hydrogen) atoms. The van der Waals surface area contributed by atoms with Crippen LogP contribution in [0.5, 0.6) is 0 Å². The molecule has 90 valence electrons. The first-order valence-electron chi connectivity index (χ1n) is 5.67. The highest BCUT2D eigenvalue weighted by Gasteiger charge is 2.15. The molecule has 1 aromatic carbocycles. The lowest BCUT2D eigenvalue weighted by Crippen LogP contribution is -2.13. The number of rotatable bonds is 4. The maximum absolute atomic E-state index is 13.1. The van der Waals surface area contributed by atoms with E-state index in [0.717, 1.165) is 19.4 Å². The maximum Gasteiger partial charge on any atom is 0.124 e. The molecule has 1 aliphatic heterocycles. The summed E-state index contributed by atoms with van der Waals surface area (Å²) < 4.78 is 24.0. The Kier molecular flexibility index (Phi) is 4.08. The van der Waals surface area contributed by atoms with E-state index in [1.54, 1.807) is 6.07 Å². The normalized spacial score (nSPS) is 19.2. The average Bonchev–Trinajstić information content (AvgIpc) is 2.81. The van der Waals surface area contributed by atoms with E-state index >= 15 is 0 Å². The van der Waals surface area contributed by atoms with Gasteiger partial charge < -0.3 is 9.47 Å². The Morgan fingerprint density at radius 3 is 3.06 bits per heavy atom. The number of nitrogens with zero attached hydrogens (tertiary/aromatic N) is 1. The quantitative estimate of drug-likeness (QED) is 0.804. The van der Waals surface area contributed by atoms with E-state index in [1.807, 2.05) is 6.07 Å². The van der Waals surface area contributed by atoms with E-state index in [9.17, 15) is 4.39 Å². The molecule has 1 fully saturated rings. The topological polar surface area (TPSA) is 42.2 Å². The van der Waals surface area contributed by atoms with E-state index in [2.05, 4.69) is 0 Å². The van der Waals surface area contributed by atoms with E-state index in [-0.39, 0.29) is 6.10 Å². The van der Waals surface area contributed by atoms with Gasteiger partial charge in [0.2, 0.25) is 0 Å². The van der Waals surface area contributed by atoms with Crippen LogP contribution in [-0.2, 0) is 16.1 Å². The Morgan fingerprint density at radius 1 is 1.47 bits per heavy atom. The van der Waals surface area contributed by atoms with Crippen molar-refractivity contribution in [2.45, 2.75) is 25.6 Å². The lowest BCUT2D eigenvalue weighted by Gasteiger charge is -2.10. The molecular formula is C13H14FNO2. The first-order chi connectivity index (χ1) is 8.28. The highest BCUT2D eigenvalue weighted by atomic mass is 19.1. The summed E-state index contributed by atoms with van der Waals surface area (Å²) in [7, 11) is 0. The van der Waals surface area contributed by atoms with Gasteiger partial charge in [-0.3, -0.25) is 0 Å². The van der Waals surface area contributed by atoms with Crippen LogP contribution >= 0.6 is 0 Å². The van der Waals surface area contributed by atoms with Gasteiger partial charge in [0.15, 0.2) is 0 Å². The van der Waals surface area contributed by atoms with Crippen molar-refractivity contribution in [3.63, 3.8) is 0 Å². The average molecular weight is 235 g/mol. The summed E-state index contributed by atoms with van der Waals surface area (Å²) >= 11 is 0. The molecule has 0 aliphatic carbocycles. The molecule has 0 N–H and O–H groups in total. The molecule has 4 heteroatoms. The zero-order valence-electron chi connectivity index (χ0n) is 9.49. The predicted molar refractivity (Wildman–Crippen MR) is 59.7 cm³/mol. The van der Waals surface area contributed by atoms with Gasteiger partial charge >= 0.3 is 0 Å². The van der Waals surface area contributed by atoms with E-state index < -0.39 is 5.82 Å². The molecule has 1 saturated heterocycles. The highest BCUT2D eigenvalue weighted by Crippen LogP contribution is 2.14. The van der Waals surface area contributed by atoms with Gasteiger partial charge in [-0.1, -0.05) is 0 Å². The van der Waals surface area contributed by atoms with Gasteiger partial charge in [0.1, 0.15) is 5.82 Å². The third-order valence-electron chi connectivity index (χ3n) is 2.68. The van der Waals surface area contributed by atoms with Crippen molar-refractivity contribution in [1.82, 2.24) is 0 Å². The molecule has 1 aromatic rings. The molecule has 1 atom stereocenters. The van der Waals surface area contributed by atoms with Crippen molar-refractivity contribution in [2.75, 3.05) is 13.2 Å². The van der Waals surface area contributed by atoms with Gasteiger partial charge in [0, 0.05) is 6.61 Å². The summed E-state index contributed by atoms with van der Waals surface area (Å²) in [5, 5.41) is 8.71. The van der Waals surface area contributed by atoms with Gasteiger partial charge in [-0.25, -0.2) is 4.39 Å². The largest absolute Gasteiger partial charge is 0.376 e. The number of benzene rings is 1. The highest BCUT2D eigenvalue weighted by molar-refractivity contribution is 5.33. The van der Waals surface area contributed by atoms with Crippen LogP contribution in [0, 0.1) is 17.1 Å². The lowest BCUT2D eigenvalue weighted by molar-refractivity contribution is 0.0105. The second kappa shape index (κ2) is 5.76. The van der Waals surface area contributed by atoms with Crippen LogP contribution in [-0.4, -0.2) is 19.3 Å². The Hall–Kier alpha value is -1.44. The third-order valence-corrected chi connectivity index (χ3v) is 2.68.